The van der Waals surface area contributed by atoms with E-state index in [9.17, 15) is 23.9 Å². The molecule has 3 N–H and O–H groups in total. The average molecular weight is 486 g/mol. The van der Waals surface area contributed by atoms with Crippen LogP contribution in [0.4, 0.5) is 14.9 Å². The standard InChI is InChI=1S/C26H32FN3O5/c1-15-6-8-19(12-21(15)27)28-23(32)24(33)29-22-18(14-31)11-17-10-16(7-9-20(17)22)13-30(5)25(34)35-26(2,3)4/h6-10,12,18,22,31H,11,13-14H2,1-5H3,(H,28,32)(H,29,33)/t18-,22-/m1/s1. The Balaban J connectivity index is 1.68. The number of hydrogen-bond donors (Lipinski definition) is 3. The molecule has 188 valence electrons. The van der Waals surface area contributed by atoms with E-state index in [1.165, 1.54) is 17.0 Å². The molecule has 0 heterocycles. The van der Waals surface area contributed by atoms with Crippen molar-refractivity contribution in [2.45, 2.75) is 52.3 Å². The molecular formula is C26H32FN3O5. The monoisotopic (exact) mass is 485 g/mol. The Morgan fingerprint density at radius 2 is 1.86 bits per heavy atom. The fourth-order valence-electron chi connectivity index (χ4n) is 4.00. The summed E-state index contributed by atoms with van der Waals surface area (Å²) in [5, 5.41) is 15.0. The Hall–Kier alpha value is -3.46. The van der Waals surface area contributed by atoms with Gasteiger partial charge in [0.2, 0.25) is 0 Å². The first-order chi connectivity index (χ1) is 16.4. The van der Waals surface area contributed by atoms with Gasteiger partial charge in [-0.25, -0.2) is 9.18 Å². The third kappa shape index (κ3) is 6.57. The fraction of sp³-hybridized carbons (Fsp3) is 0.423. The Morgan fingerprint density at radius 1 is 1.14 bits per heavy atom. The van der Waals surface area contributed by atoms with Gasteiger partial charge in [-0.2, -0.15) is 0 Å². The van der Waals surface area contributed by atoms with Gasteiger partial charge in [0, 0.05) is 31.8 Å². The van der Waals surface area contributed by atoms with E-state index in [-0.39, 0.29) is 18.2 Å². The first-order valence-electron chi connectivity index (χ1n) is 11.4. The molecule has 0 bridgehead atoms. The van der Waals surface area contributed by atoms with Crippen molar-refractivity contribution in [1.29, 1.82) is 0 Å². The summed E-state index contributed by atoms with van der Waals surface area (Å²) in [4.78, 5) is 38.7. The number of aliphatic hydroxyl groups excluding tert-OH is 1. The first-order valence-corrected chi connectivity index (χ1v) is 11.4. The van der Waals surface area contributed by atoms with Gasteiger partial charge in [-0.3, -0.25) is 9.59 Å². The number of halogens is 1. The second-order valence-electron chi connectivity index (χ2n) is 9.89. The topological polar surface area (TPSA) is 108 Å². The second kappa shape index (κ2) is 10.4. The summed E-state index contributed by atoms with van der Waals surface area (Å²) in [7, 11) is 1.65. The van der Waals surface area contributed by atoms with E-state index < -0.39 is 35.4 Å². The number of ether oxygens (including phenoxy) is 1. The minimum absolute atomic E-state index is 0.178. The molecule has 2 aromatic rings. The van der Waals surface area contributed by atoms with Gasteiger partial charge in [0.1, 0.15) is 11.4 Å². The van der Waals surface area contributed by atoms with Crippen LogP contribution in [0.3, 0.4) is 0 Å². The molecule has 0 unspecified atom stereocenters. The highest BCUT2D eigenvalue weighted by Crippen LogP contribution is 2.36. The summed E-state index contributed by atoms with van der Waals surface area (Å²) >= 11 is 0. The van der Waals surface area contributed by atoms with Gasteiger partial charge < -0.3 is 25.4 Å². The van der Waals surface area contributed by atoms with Crippen LogP contribution in [-0.2, 0) is 27.3 Å². The molecule has 1 aliphatic carbocycles. The van der Waals surface area contributed by atoms with E-state index in [0.29, 0.717) is 18.5 Å². The van der Waals surface area contributed by atoms with Crippen molar-refractivity contribution in [2.24, 2.45) is 5.92 Å². The number of anilines is 1. The van der Waals surface area contributed by atoms with E-state index in [2.05, 4.69) is 10.6 Å². The van der Waals surface area contributed by atoms with Crippen LogP contribution >= 0.6 is 0 Å². The van der Waals surface area contributed by atoms with Crippen LogP contribution in [0.15, 0.2) is 36.4 Å². The third-order valence-corrected chi connectivity index (χ3v) is 5.78. The molecule has 1 aliphatic rings. The molecule has 0 aliphatic heterocycles. The van der Waals surface area contributed by atoms with Crippen LogP contribution in [0.1, 0.15) is 49.1 Å². The van der Waals surface area contributed by atoms with E-state index in [1.54, 1.807) is 34.7 Å². The highest BCUT2D eigenvalue weighted by atomic mass is 19.1. The minimum Gasteiger partial charge on any atom is -0.444 e. The number of hydrogen-bond acceptors (Lipinski definition) is 5. The van der Waals surface area contributed by atoms with Gasteiger partial charge in [-0.1, -0.05) is 24.3 Å². The van der Waals surface area contributed by atoms with Crippen LogP contribution in [0.2, 0.25) is 0 Å². The summed E-state index contributed by atoms with van der Waals surface area (Å²) < 4.78 is 19.1. The smallest absolute Gasteiger partial charge is 0.410 e. The predicted molar refractivity (Wildman–Crippen MR) is 129 cm³/mol. The van der Waals surface area contributed by atoms with Crippen LogP contribution in [0.25, 0.3) is 0 Å². The van der Waals surface area contributed by atoms with Crippen LogP contribution < -0.4 is 10.6 Å². The quantitative estimate of drug-likeness (QED) is 0.562. The summed E-state index contributed by atoms with van der Waals surface area (Å²) in [5.41, 5.74) is 2.61. The summed E-state index contributed by atoms with van der Waals surface area (Å²) in [6.45, 7) is 7.15. The molecule has 3 amide bonds. The lowest BCUT2D eigenvalue weighted by Crippen LogP contribution is -2.40. The zero-order valence-electron chi connectivity index (χ0n) is 20.6. The Morgan fingerprint density at radius 3 is 2.49 bits per heavy atom. The molecule has 8 nitrogen and oxygen atoms in total. The zero-order valence-corrected chi connectivity index (χ0v) is 20.6. The van der Waals surface area contributed by atoms with Crippen molar-refractivity contribution in [3.05, 3.63) is 64.5 Å². The number of amides is 3. The van der Waals surface area contributed by atoms with Crippen LogP contribution in [-0.4, -0.2) is 47.2 Å². The van der Waals surface area contributed by atoms with Crippen molar-refractivity contribution in [3.63, 3.8) is 0 Å². The molecule has 9 heteroatoms. The molecule has 2 aromatic carbocycles. The number of nitrogens with one attached hydrogen (secondary N) is 2. The number of aryl methyl sites for hydroxylation is 1. The SMILES string of the molecule is Cc1ccc(NC(=O)C(=O)N[C@H]2c3ccc(CN(C)C(=O)OC(C)(C)C)cc3C[C@@H]2CO)cc1F. The lowest BCUT2D eigenvalue weighted by atomic mass is 10.0. The molecule has 0 spiro atoms. The van der Waals surface area contributed by atoms with Gasteiger partial charge in [-0.05, 0) is 68.5 Å². The molecule has 0 aromatic heterocycles. The van der Waals surface area contributed by atoms with Gasteiger partial charge in [0.25, 0.3) is 0 Å². The van der Waals surface area contributed by atoms with E-state index >= 15 is 0 Å². The summed E-state index contributed by atoms with van der Waals surface area (Å²) in [6, 6.07) is 9.23. The van der Waals surface area contributed by atoms with Gasteiger partial charge in [-0.15, -0.1) is 0 Å². The molecule has 0 saturated carbocycles. The van der Waals surface area contributed by atoms with E-state index in [1.807, 2.05) is 18.2 Å². The highest BCUT2D eigenvalue weighted by molar-refractivity contribution is 6.39. The van der Waals surface area contributed by atoms with Crippen molar-refractivity contribution >= 4 is 23.6 Å². The number of fused-ring (bicyclic) bond motifs is 1. The van der Waals surface area contributed by atoms with Gasteiger partial charge in [0.15, 0.2) is 0 Å². The Bertz CT molecular complexity index is 1130. The van der Waals surface area contributed by atoms with Crippen LogP contribution in [0, 0.1) is 18.7 Å². The molecule has 3 rings (SSSR count). The van der Waals surface area contributed by atoms with Crippen molar-refractivity contribution in [3.8, 4) is 0 Å². The van der Waals surface area contributed by atoms with Gasteiger partial charge in [0.05, 0.1) is 6.04 Å². The largest absolute Gasteiger partial charge is 0.444 e. The second-order valence-corrected chi connectivity index (χ2v) is 9.89. The fourth-order valence-corrected chi connectivity index (χ4v) is 4.00. The van der Waals surface area contributed by atoms with Gasteiger partial charge >= 0.3 is 17.9 Å². The van der Waals surface area contributed by atoms with Crippen LogP contribution in [0.5, 0.6) is 0 Å². The van der Waals surface area contributed by atoms with Crippen molar-refractivity contribution in [1.82, 2.24) is 10.2 Å². The lowest BCUT2D eigenvalue weighted by molar-refractivity contribution is -0.136. The molecule has 0 saturated heterocycles. The predicted octanol–water partition coefficient (Wildman–Crippen LogP) is 3.46. The molecule has 35 heavy (non-hydrogen) atoms. The number of carbonyl (C=O) groups excluding carboxylic acids is 3. The molecule has 0 radical (unpaired) electrons. The number of aliphatic hydroxyl groups is 1. The number of benzene rings is 2. The highest BCUT2D eigenvalue weighted by Gasteiger charge is 2.34. The Kier molecular flexibility index (Phi) is 7.80. The number of carbonyl (C=O) groups is 3. The zero-order chi connectivity index (χ0) is 25.9. The maximum absolute atomic E-state index is 13.7. The maximum atomic E-state index is 13.7. The van der Waals surface area contributed by atoms with E-state index in [4.69, 9.17) is 4.74 Å². The summed E-state index contributed by atoms with van der Waals surface area (Å²) in [6.07, 6.45) is 0.0711. The minimum atomic E-state index is -0.922. The first kappa shape index (κ1) is 26.2. The van der Waals surface area contributed by atoms with E-state index in [0.717, 1.165) is 22.8 Å². The number of rotatable bonds is 5. The third-order valence-electron chi connectivity index (χ3n) is 5.78. The Labute approximate surface area is 204 Å². The summed E-state index contributed by atoms with van der Waals surface area (Å²) in [5.74, 6) is -2.59. The normalized spacial score (nSPS) is 16.9. The number of nitrogens with zero attached hydrogens (tertiary/aromatic N) is 1. The molecule has 0 fully saturated rings. The van der Waals surface area contributed by atoms with Crippen molar-refractivity contribution in [2.75, 3.05) is 19.0 Å². The lowest BCUT2D eigenvalue weighted by Gasteiger charge is -2.25. The maximum Gasteiger partial charge on any atom is 0.410 e. The average Bonchev–Trinajstić information content (AvgIpc) is 3.11. The molecule has 2 atom stereocenters. The molecular weight excluding hydrogens is 453 g/mol. The van der Waals surface area contributed by atoms with Crippen molar-refractivity contribution < 1.29 is 28.6 Å².